The lowest BCUT2D eigenvalue weighted by molar-refractivity contribution is 0.179. The summed E-state index contributed by atoms with van der Waals surface area (Å²) >= 11 is 0. The average Bonchev–Trinajstić information content (AvgIpc) is 2.86. The first-order chi connectivity index (χ1) is 10.9. The molecular formula is C16H29N5O2. The molecule has 0 unspecified atom stereocenters. The Morgan fingerprint density at radius 3 is 2.74 bits per heavy atom. The van der Waals surface area contributed by atoms with Crippen molar-refractivity contribution in [3.8, 4) is 0 Å². The van der Waals surface area contributed by atoms with E-state index in [4.69, 9.17) is 0 Å². The van der Waals surface area contributed by atoms with Gasteiger partial charge in [-0.25, -0.2) is 14.3 Å². The molecule has 2 amide bonds. The van der Waals surface area contributed by atoms with E-state index in [1.165, 1.54) is 4.68 Å². The molecule has 1 aromatic rings. The topological polar surface area (TPSA) is 72.2 Å². The third kappa shape index (κ3) is 4.14. The number of aryl methyl sites for hydroxylation is 2. The maximum atomic E-state index is 12.2. The maximum Gasteiger partial charge on any atom is 0.345 e. The molecule has 0 saturated heterocycles. The van der Waals surface area contributed by atoms with E-state index in [9.17, 15) is 9.59 Å². The summed E-state index contributed by atoms with van der Waals surface area (Å²) < 4.78 is 3.31. The van der Waals surface area contributed by atoms with Crippen LogP contribution in [0.2, 0.25) is 0 Å². The number of fused-ring (bicyclic) bond motifs is 1. The van der Waals surface area contributed by atoms with Crippen molar-refractivity contribution in [2.75, 3.05) is 13.6 Å². The van der Waals surface area contributed by atoms with Crippen molar-refractivity contribution in [1.82, 2.24) is 24.6 Å². The number of urea groups is 1. The SMILES string of the molecule is CC(C)[C@H](C)N(C)C(=O)NCCCn1nc2n(c1=O)CCCC2. The summed E-state index contributed by atoms with van der Waals surface area (Å²) in [5.74, 6) is 1.32. The van der Waals surface area contributed by atoms with Crippen molar-refractivity contribution in [2.24, 2.45) is 5.92 Å². The Morgan fingerprint density at radius 2 is 2.09 bits per heavy atom. The van der Waals surface area contributed by atoms with Gasteiger partial charge in [0.1, 0.15) is 5.82 Å². The van der Waals surface area contributed by atoms with E-state index in [1.807, 2.05) is 14.0 Å². The summed E-state index contributed by atoms with van der Waals surface area (Å²) in [6, 6.07) is 0.125. The Hall–Kier alpha value is -1.79. The van der Waals surface area contributed by atoms with Gasteiger partial charge in [0.25, 0.3) is 0 Å². The third-order valence-corrected chi connectivity index (χ3v) is 4.75. The quantitative estimate of drug-likeness (QED) is 0.806. The van der Waals surface area contributed by atoms with Gasteiger partial charge in [0.05, 0.1) is 0 Å². The summed E-state index contributed by atoms with van der Waals surface area (Å²) in [5.41, 5.74) is -0.0171. The first kappa shape index (κ1) is 17.6. The number of carbonyl (C=O) groups excluding carboxylic acids is 1. The molecule has 23 heavy (non-hydrogen) atoms. The zero-order valence-corrected chi connectivity index (χ0v) is 14.7. The van der Waals surface area contributed by atoms with Crippen LogP contribution in [0, 0.1) is 5.92 Å². The van der Waals surface area contributed by atoms with Gasteiger partial charge < -0.3 is 10.2 Å². The van der Waals surface area contributed by atoms with Gasteiger partial charge in [0.2, 0.25) is 0 Å². The Balaban J connectivity index is 1.79. The maximum absolute atomic E-state index is 12.2. The predicted molar refractivity (Wildman–Crippen MR) is 89.5 cm³/mol. The average molecular weight is 323 g/mol. The molecular weight excluding hydrogens is 294 g/mol. The van der Waals surface area contributed by atoms with E-state index in [-0.39, 0.29) is 17.8 Å². The van der Waals surface area contributed by atoms with E-state index >= 15 is 0 Å². The number of amides is 2. The zero-order chi connectivity index (χ0) is 17.0. The lowest BCUT2D eigenvalue weighted by Crippen LogP contribution is -2.44. The van der Waals surface area contributed by atoms with Gasteiger partial charge in [-0.3, -0.25) is 4.57 Å². The molecule has 0 aromatic carbocycles. The van der Waals surface area contributed by atoms with Crippen LogP contribution in [0.25, 0.3) is 0 Å². The molecule has 1 N–H and O–H groups in total. The van der Waals surface area contributed by atoms with Crippen molar-refractivity contribution in [2.45, 2.75) is 65.6 Å². The van der Waals surface area contributed by atoms with Crippen LogP contribution in [0.4, 0.5) is 4.79 Å². The number of rotatable bonds is 6. The normalized spacial score (nSPS) is 15.3. The van der Waals surface area contributed by atoms with E-state index in [0.29, 0.717) is 25.4 Å². The van der Waals surface area contributed by atoms with Crippen LogP contribution in [0.1, 0.15) is 45.9 Å². The van der Waals surface area contributed by atoms with Crippen LogP contribution >= 0.6 is 0 Å². The number of nitrogens with one attached hydrogen (secondary N) is 1. The molecule has 0 fully saturated rings. The highest BCUT2D eigenvalue weighted by Crippen LogP contribution is 2.09. The van der Waals surface area contributed by atoms with Crippen molar-refractivity contribution >= 4 is 6.03 Å². The highest BCUT2D eigenvalue weighted by molar-refractivity contribution is 5.74. The van der Waals surface area contributed by atoms with Crippen molar-refractivity contribution in [1.29, 1.82) is 0 Å². The second kappa shape index (κ2) is 7.66. The van der Waals surface area contributed by atoms with Crippen molar-refractivity contribution < 1.29 is 4.79 Å². The monoisotopic (exact) mass is 323 g/mol. The Bertz CT molecular complexity index is 590. The Kier molecular flexibility index (Phi) is 5.85. The van der Waals surface area contributed by atoms with E-state index in [1.54, 1.807) is 9.47 Å². The van der Waals surface area contributed by atoms with Crippen molar-refractivity contribution in [3.63, 3.8) is 0 Å². The second-order valence-corrected chi connectivity index (χ2v) is 6.71. The lowest BCUT2D eigenvalue weighted by atomic mass is 10.1. The Morgan fingerprint density at radius 1 is 1.35 bits per heavy atom. The third-order valence-electron chi connectivity index (χ3n) is 4.75. The van der Waals surface area contributed by atoms with Crippen LogP contribution in [-0.2, 0) is 19.5 Å². The molecule has 1 aliphatic heterocycles. The van der Waals surface area contributed by atoms with Crippen LogP contribution in [0.3, 0.4) is 0 Å². The number of hydrogen-bond donors (Lipinski definition) is 1. The van der Waals surface area contributed by atoms with Gasteiger partial charge in [-0.15, -0.1) is 0 Å². The molecule has 130 valence electrons. The minimum atomic E-state index is -0.0670. The van der Waals surface area contributed by atoms with Crippen LogP contribution in [0.15, 0.2) is 4.79 Å². The number of aromatic nitrogens is 3. The van der Waals surface area contributed by atoms with E-state index < -0.39 is 0 Å². The molecule has 7 nitrogen and oxygen atoms in total. The first-order valence-corrected chi connectivity index (χ1v) is 8.59. The van der Waals surface area contributed by atoms with E-state index in [2.05, 4.69) is 24.3 Å². The molecule has 0 saturated carbocycles. The highest BCUT2D eigenvalue weighted by atomic mass is 16.2. The fourth-order valence-electron chi connectivity index (χ4n) is 2.78. The fourth-order valence-corrected chi connectivity index (χ4v) is 2.78. The summed E-state index contributed by atoms with van der Waals surface area (Å²) in [5, 5.41) is 7.30. The van der Waals surface area contributed by atoms with Crippen molar-refractivity contribution in [3.05, 3.63) is 16.3 Å². The standard InChI is InChI=1S/C16H29N5O2/c1-12(2)13(3)19(4)15(22)17-9-7-11-21-16(23)20-10-6-5-8-14(20)18-21/h12-13H,5-11H2,1-4H3,(H,17,22)/t13-/m0/s1. The molecule has 0 bridgehead atoms. The lowest BCUT2D eigenvalue weighted by Gasteiger charge is -2.28. The van der Waals surface area contributed by atoms with E-state index in [0.717, 1.165) is 31.6 Å². The summed E-state index contributed by atoms with van der Waals surface area (Å²) in [6.07, 6.45) is 3.74. The molecule has 1 aromatic heterocycles. The number of carbonyl (C=O) groups is 1. The van der Waals surface area contributed by atoms with Crippen LogP contribution in [-0.4, -0.2) is 44.9 Å². The smallest absolute Gasteiger partial charge is 0.338 e. The van der Waals surface area contributed by atoms with Gasteiger partial charge in [-0.2, -0.15) is 5.10 Å². The van der Waals surface area contributed by atoms with Gasteiger partial charge in [-0.1, -0.05) is 13.8 Å². The zero-order valence-electron chi connectivity index (χ0n) is 14.7. The minimum Gasteiger partial charge on any atom is -0.338 e. The summed E-state index contributed by atoms with van der Waals surface area (Å²) in [4.78, 5) is 26.0. The summed E-state index contributed by atoms with van der Waals surface area (Å²) in [6.45, 7) is 8.11. The Labute approximate surface area is 137 Å². The molecule has 0 radical (unpaired) electrons. The minimum absolute atomic E-state index is 0.0171. The van der Waals surface area contributed by atoms with Crippen LogP contribution < -0.4 is 11.0 Å². The van der Waals surface area contributed by atoms with Gasteiger partial charge in [-0.05, 0) is 32.1 Å². The number of hydrogen-bond acceptors (Lipinski definition) is 3. The van der Waals surface area contributed by atoms with Crippen LogP contribution in [0.5, 0.6) is 0 Å². The van der Waals surface area contributed by atoms with Gasteiger partial charge in [0, 0.05) is 39.1 Å². The first-order valence-electron chi connectivity index (χ1n) is 8.59. The molecule has 1 atom stereocenters. The molecule has 7 heteroatoms. The number of nitrogens with zero attached hydrogens (tertiary/aromatic N) is 4. The molecule has 0 aliphatic carbocycles. The fraction of sp³-hybridized carbons (Fsp3) is 0.812. The molecule has 2 rings (SSSR count). The predicted octanol–water partition coefficient (Wildman–Crippen LogP) is 1.46. The van der Waals surface area contributed by atoms with Gasteiger partial charge in [0.15, 0.2) is 0 Å². The second-order valence-electron chi connectivity index (χ2n) is 6.71. The largest absolute Gasteiger partial charge is 0.345 e. The molecule has 2 heterocycles. The summed E-state index contributed by atoms with van der Waals surface area (Å²) in [7, 11) is 1.81. The highest BCUT2D eigenvalue weighted by Gasteiger charge is 2.18. The van der Waals surface area contributed by atoms with Gasteiger partial charge >= 0.3 is 11.7 Å². The molecule has 1 aliphatic rings. The molecule has 0 spiro atoms.